The number of pyridine rings is 1. The van der Waals surface area contributed by atoms with Gasteiger partial charge in [0.25, 0.3) is 5.69 Å². The highest BCUT2D eigenvalue weighted by Gasteiger charge is 2.26. The molecule has 0 bridgehead atoms. The van der Waals surface area contributed by atoms with E-state index in [9.17, 15) is 10.1 Å². The van der Waals surface area contributed by atoms with Crippen molar-refractivity contribution in [1.82, 2.24) is 4.98 Å². The maximum absolute atomic E-state index is 10.7. The molecule has 2 atom stereocenters. The van der Waals surface area contributed by atoms with Crippen LogP contribution < -0.4 is 10.5 Å². The Morgan fingerprint density at radius 3 is 2.89 bits per heavy atom. The Balaban J connectivity index is 2.11. The lowest BCUT2D eigenvalue weighted by molar-refractivity contribution is -0.385. The van der Waals surface area contributed by atoms with Gasteiger partial charge < -0.3 is 10.5 Å². The molecule has 6 nitrogen and oxygen atoms in total. The minimum atomic E-state index is -0.451. The normalized spacial score (nSPS) is 23.1. The second kappa shape index (κ2) is 5.97. The average molecular weight is 265 g/mol. The Morgan fingerprint density at radius 2 is 2.26 bits per heavy atom. The standard InChI is InChI=1S/C13H19N3O3/c1-9-6-11(16(17)18)8-15-13(9)19-12-5-3-2-4-10(12)7-14/h6,8,10,12H,2-5,7,14H2,1H3. The Morgan fingerprint density at radius 1 is 1.53 bits per heavy atom. The molecule has 0 saturated heterocycles. The second-order valence-corrected chi connectivity index (χ2v) is 5.01. The van der Waals surface area contributed by atoms with Crippen molar-refractivity contribution in [3.8, 4) is 5.88 Å². The van der Waals surface area contributed by atoms with Gasteiger partial charge >= 0.3 is 0 Å². The molecule has 2 rings (SSSR count). The predicted molar refractivity (Wildman–Crippen MR) is 71.1 cm³/mol. The zero-order valence-corrected chi connectivity index (χ0v) is 11.0. The van der Waals surface area contributed by atoms with Gasteiger partial charge in [-0.15, -0.1) is 0 Å². The summed E-state index contributed by atoms with van der Waals surface area (Å²) in [7, 11) is 0. The van der Waals surface area contributed by atoms with E-state index in [2.05, 4.69) is 4.98 Å². The molecule has 0 aromatic carbocycles. The van der Waals surface area contributed by atoms with Crippen LogP contribution in [0.3, 0.4) is 0 Å². The van der Waals surface area contributed by atoms with E-state index in [0.29, 0.717) is 23.9 Å². The predicted octanol–water partition coefficient (Wildman–Crippen LogP) is 2.19. The number of nitrogens with zero attached hydrogens (tertiary/aromatic N) is 2. The third-order valence-electron chi connectivity index (χ3n) is 3.63. The number of aromatic nitrogens is 1. The summed E-state index contributed by atoms with van der Waals surface area (Å²) in [6.45, 7) is 2.38. The smallest absolute Gasteiger partial charge is 0.288 e. The maximum Gasteiger partial charge on any atom is 0.288 e. The number of ether oxygens (including phenoxy) is 1. The fourth-order valence-corrected chi connectivity index (χ4v) is 2.51. The summed E-state index contributed by atoms with van der Waals surface area (Å²) < 4.78 is 5.91. The van der Waals surface area contributed by atoms with Crippen molar-refractivity contribution in [1.29, 1.82) is 0 Å². The van der Waals surface area contributed by atoms with Crippen LogP contribution in [0.1, 0.15) is 31.2 Å². The molecule has 6 heteroatoms. The van der Waals surface area contributed by atoms with Crippen LogP contribution in [0.4, 0.5) is 5.69 Å². The van der Waals surface area contributed by atoms with Crippen molar-refractivity contribution in [2.75, 3.05) is 6.54 Å². The number of nitro groups is 1. The monoisotopic (exact) mass is 265 g/mol. The Kier molecular flexibility index (Phi) is 4.31. The van der Waals surface area contributed by atoms with Gasteiger partial charge in [0.05, 0.1) is 4.92 Å². The summed E-state index contributed by atoms with van der Waals surface area (Å²) in [6.07, 6.45) is 5.68. The van der Waals surface area contributed by atoms with Gasteiger partial charge in [0, 0.05) is 17.5 Å². The molecule has 1 heterocycles. The van der Waals surface area contributed by atoms with Gasteiger partial charge in [0.1, 0.15) is 12.3 Å². The molecule has 0 aliphatic heterocycles. The lowest BCUT2D eigenvalue weighted by Crippen LogP contribution is -2.35. The molecule has 2 unspecified atom stereocenters. The fourth-order valence-electron chi connectivity index (χ4n) is 2.51. The molecule has 0 spiro atoms. The molecular weight excluding hydrogens is 246 g/mol. The van der Waals surface area contributed by atoms with E-state index < -0.39 is 4.92 Å². The van der Waals surface area contributed by atoms with Gasteiger partial charge in [-0.05, 0) is 32.7 Å². The van der Waals surface area contributed by atoms with E-state index in [1.807, 2.05) is 0 Å². The molecule has 0 radical (unpaired) electrons. The summed E-state index contributed by atoms with van der Waals surface area (Å²) in [6, 6.07) is 1.49. The highest BCUT2D eigenvalue weighted by atomic mass is 16.6. The van der Waals surface area contributed by atoms with Gasteiger partial charge in [-0.25, -0.2) is 4.98 Å². The van der Waals surface area contributed by atoms with Crippen molar-refractivity contribution >= 4 is 5.69 Å². The third kappa shape index (κ3) is 3.20. The molecule has 104 valence electrons. The van der Waals surface area contributed by atoms with Crippen LogP contribution >= 0.6 is 0 Å². The van der Waals surface area contributed by atoms with Crippen LogP contribution in [-0.4, -0.2) is 22.6 Å². The highest BCUT2D eigenvalue weighted by molar-refractivity contribution is 5.36. The molecule has 0 amide bonds. The van der Waals surface area contributed by atoms with Crippen molar-refractivity contribution in [3.05, 3.63) is 27.9 Å². The van der Waals surface area contributed by atoms with Gasteiger partial charge in [0.15, 0.2) is 0 Å². The molecule has 1 aliphatic rings. The van der Waals surface area contributed by atoms with Gasteiger partial charge in [-0.3, -0.25) is 10.1 Å². The first-order valence-electron chi connectivity index (χ1n) is 6.59. The van der Waals surface area contributed by atoms with Crippen molar-refractivity contribution in [2.24, 2.45) is 11.7 Å². The average Bonchev–Trinajstić information content (AvgIpc) is 2.41. The van der Waals surface area contributed by atoms with E-state index in [1.54, 1.807) is 6.92 Å². The molecule has 1 fully saturated rings. The molecule has 1 aromatic heterocycles. The van der Waals surface area contributed by atoms with Gasteiger partial charge in [-0.1, -0.05) is 6.42 Å². The van der Waals surface area contributed by atoms with Crippen LogP contribution in [0.25, 0.3) is 0 Å². The van der Waals surface area contributed by atoms with Crippen molar-refractivity contribution < 1.29 is 9.66 Å². The molecular formula is C13H19N3O3. The molecule has 1 saturated carbocycles. The van der Waals surface area contributed by atoms with Crippen molar-refractivity contribution in [3.63, 3.8) is 0 Å². The van der Waals surface area contributed by atoms with Crippen LogP contribution in [-0.2, 0) is 0 Å². The number of hydrogen-bond donors (Lipinski definition) is 1. The van der Waals surface area contributed by atoms with Crippen LogP contribution in [0.2, 0.25) is 0 Å². The SMILES string of the molecule is Cc1cc([N+](=O)[O-])cnc1OC1CCCCC1CN. The van der Waals surface area contributed by atoms with Crippen LogP contribution in [0.5, 0.6) is 5.88 Å². The van der Waals surface area contributed by atoms with Crippen LogP contribution in [0, 0.1) is 23.0 Å². The third-order valence-corrected chi connectivity index (χ3v) is 3.63. The summed E-state index contributed by atoms with van der Waals surface area (Å²) in [5.41, 5.74) is 6.44. The summed E-state index contributed by atoms with van der Waals surface area (Å²) >= 11 is 0. The fraction of sp³-hybridized carbons (Fsp3) is 0.615. The summed E-state index contributed by atoms with van der Waals surface area (Å²) in [4.78, 5) is 14.3. The first kappa shape index (κ1) is 13.7. The first-order valence-corrected chi connectivity index (χ1v) is 6.59. The topological polar surface area (TPSA) is 91.3 Å². The van der Waals surface area contributed by atoms with Crippen molar-refractivity contribution in [2.45, 2.75) is 38.7 Å². The highest BCUT2D eigenvalue weighted by Crippen LogP contribution is 2.29. The summed E-state index contributed by atoms with van der Waals surface area (Å²) in [5.74, 6) is 0.834. The van der Waals surface area contributed by atoms with E-state index in [4.69, 9.17) is 10.5 Å². The van der Waals surface area contributed by atoms with E-state index in [-0.39, 0.29) is 11.8 Å². The van der Waals surface area contributed by atoms with E-state index in [1.165, 1.54) is 18.7 Å². The number of nitrogens with two attached hydrogens (primary N) is 1. The minimum Gasteiger partial charge on any atom is -0.474 e. The molecule has 1 aromatic rings. The van der Waals surface area contributed by atoms with Crippen LogP contribution in [0.15, 0.2) is 12.3 Å². The number of hydrogen-bond acceptors (Lipinski definition) is 5. The quantitative estimate of drug-likeness (QED) is 0.665. The Bertz CT molecular complexity index is 464. The lowest BCUT2D eigenvalue weighted by atomic mass is 9.86. The van der Waals surface area contributed by atoms with E-state index >= 15 is 0 Å². The van der Waals surface area contributed by atoms with Gasteiger partial charge in [-0.2, -0.15) is 0 Å². The molecule has 2 N–H and O–H groups in total. The second-order valence-electron chi connectivity index (χ2n) is 5.01. The largest absolute Gasteiger partial charge is 0.474 e. The van der Waals surface area contributed by atoms with E-state index in [0.717, 1.165) is 19.3 Å². The lowest BCUT2D eigenvalue weighted by Gasteiger charge is -2.30. The molecule has 1 aliphatic carbocycles. The first-order chi connectivity index (χ1) is 9.11. The zero-order valence-electron chi connectivity index (χ0n) is 11.0. The summed E-state index contributed by atoms with van der Waals surface area (Å²) in [5, 5.41) is 10.7. The maximum atomic E-state index is 10.7. The molecule has 19 heavy (non-hydrogen) atoms. The zero-order chi connectivity index (χ0) is 13.8. The number of rotatable bonds is 4. The van der Waals surface area contributed by atoms with Gasteiger partial charge in [0.2, 0.25) is 5.88 Å². The number of aryl methyl sites for hydroxylation is 1. The Labute approximate surface area is 112 Å². The Hall–Kier alpha value is -1.69. The minimum absolute atomic E-state index is 0.0103.